The summed E-state index contributed by atoms with van der Waals surface area (Å²) in [5, 5.41) is 2.90. The Morgan fingerprint density at radius 3 is 2.34 bits per heavy atom. The summed E-state index contributed by atoms with van der Waals surface area (Å²) in [4.78, 5) is 27.1. The number of halogens is 1. The largest absolute Gasteiger partial charge is 0.481 e. The number of nitrogens with one attached hydrogen (secondary N) is 1. The lowest BCUT2D eigenvalue weighted by Crippen LogP contribution is -2.53. The van der Waals surface area contributed by atoms with Crippen molar-refractivity contribution in [2.45, 2.75) is 52.7 Å². The molecule has 2 aromatic rings. The molecular formula is C23H29FN2O3. The molecule has 0 bridgehead atoms. The lowest BCUT2D eigenvalue weighted by molar-refractivity contribution is -0.142. The van der Waals surface area contributed by atoms with E-state index in [0.29, 0.717) is 0 Å². The zero-order chi connectivity index (χ0) is 21.6. The van der Waals surface area contributed by atoms with Crippen LogP contribution in [-0.2, 0) is 16.1 Å². The number of amides is 2. The summed E-state index contributed by atoms with van der Waals surface area (Å²) < 4.78 is 19.2. The summed E-state index contributed by atoms with van der Waals surface area (Å²) in [6, 6.07) is 12.9. The van der Waals surface area contributed by atoms with E-state index in [9.17, 15) is 14.0 Å². The van der Waals surface area contributed by atoms with Gasteiger partial charge in [-0.2, -0.15) is 0 Å². The summed E-state index contributed by atoms with van der Waals surface area (Å²) in [5.74, 6) is -1.19. The molecule has 0 saturated heterocycles. The molecule has 2 rings (SSSR count). The maximum atomic E-state index is 13.8. The van der Waals surface area contributed by atoms with Crippen LogP contribution in [0.3, 0.4) is 0 Å². The lowest BCUT2D eigenvalue weighted by atomic mass is 10.1. The molecule has 0 fully saturated rings. The minimum absolute atomic E-state index is 0.00323. The molecule has 0 aliphatic carbocycles. The molecule has 0 radical (unpaired) electrons. The van der Waals surface area contributed by atoms with E-state index in [1.54, 1.807) is 19.1 Å². The highest BCUT2D eigenvalue weighted by Crippen LogP contribution is 2.17. The van der Waals surface area contributed by atoms with Gasteiger partial charge in [-0.3, -0.25) is 9.59 Å². The van der Waals surface area contributed by atoms with Crippen molar-refractivity contribution in [2.75, 3.05) is 6.61 Å². The molecule has 0 unspecified atom stereocenters. The number of carbonyl (C=O) groups excluding carboxylic acids is 2. The summed E-state index contributed by atoms with van der Waals surface area (Å²) in [7, 11) is 0. The number of benzene rings is 2. The van der Waals surface area contributed by atoms with E-state index in [2.05, 4.69) is 5.32 Å². The van der Waals surface area contributed by atoms with Gasteiger partial charge in [-0.1, -0.05) is 36.4 Å². The first-order valence-electron chi connectivity index (χ1n) is 9.62. The maximum Gasteiger partial charge on any atom is 0.261 e. The Morgan fingerprint density at radius 1 is 1.10 bits per heavy atom. The Hall–Kier alpha value is -2.89. The van der Waals surface area contributed by atoms with Crippen LogP contribution in [-0.4, -0.2) is 34.9 Å². The molecule has 1 N–H and O–H groups in total. The van der Waals surface area contributed by atoms with Gasteiger partial charge in [0.25, 0.3) is 5.91 Å². The number of nitrogens with zero attached hydrogens (tertiary/aromatic N) is 1. The Labute approximate surface area is 171 Å². The number of hydrogen-bond acceptors (Lipinski definition) is 3. The normalized spacial score (nSPS) is 12.2. The predicted octanol–water partition coefficient (Wildman–Crippen LogP) is 3.84. The minimum atomic E-state index is -0.717. The van der Waals surface area contributed by atoms with Crippen molar-refractivity contribution in [2.24, 2.45) is 0 Å². The minimum Gasteiger partial charge on any atom is -0.481 e. The van der Waals surface area contributed by atoms with E-state index in [0.717, 1.165) is 11.1 Å². The van der Waals surface area contributed by atoms with Gasteiger partial charge in [-0.05, 0) is 57.9 Å². The predicted molar refractivity (Wildman–Crippen MR) is 111 cm³/mol. The van der Waals surface area contributed by atoms with Crippen LogP contribution in [0.15, 0.2) is 48.5 Å². The average molecular weight is 400 g/mol. The molecule has 0 heterocycles. The standard InChI is InChI=1S/C23H29FN2O3/c1-16-10-6-7-11-18(16)14-26(17(2)22(28)25-23(3,4)5)21(27)15-29-20-13-9-8-12-19(20)24/h6-13,17H,14-15H2,1-5H3,(H,25,28)/t17-/m1/s1. The first kappa shape index (κ1) is 22.4. The highest BCUT2D eigenvalue weighted by Gasteiger charge is 2.29. The number of ether oxygens (including phenoxy) is 1. The SMILES string of the molecule is Cc1ccccc1CN(C(=O)COc1ccccc1F)[C@H](C)C(=O)NC(C)(C)C. The Morgan fingerprint density at radius 2 is 1.72 bits per heavy atom. The fraction of sp³-hybridized carbons (Fsp3) is 0.391. The van der Waals surface area contributed by atoms with E-state index in [1.165, 1.54) is 17.0 Å². The monoisotopic (exact) mass is 400 g/mol. The molecule has 156 valence electrons. The smallest absolute Gasteiger partial charge is 0.261 e. The van der Waals surface area contributed by atoms with Crippen LogP contribution < -0.4 is 10.1 Å². The summed E-state index contributed by atoms with van der Waals surface area (Å²) in [6.45, 7) is 9.17. The third kappa shape index (κ3) is 6.59. The lowest BCUT2D eigenvalue weighted by Gasteiger charge is -2.31. The van der Waals surface area contributed by atoms with E-state index in [1.807, 2.05) is 52.0 Å². The van der Waals surface area contributed by atoms with Gasteiger partial charge < -0.3 is 15.0 Å². The second-order valence-corrected chi connectivity index (χ2v) is 8.08. The first-order chi connectivity index (χ1) is 13.6. The number of aryl methyl sites for hydroxylation is 1. The number of rotatable bonds is 7. The zero-order valence-corrected chi connectivity index (χ0v) is 17.7. The fourth-order valence-corrected chi connectivity index (χ4v) is 2.81. The van der Waals surface area contributed by atoms with Gasteiger partial charge in [-0.25, -0.2) is 4.39 Å². The summed E-state index contributed by atoms with van der Waals surface area (Å²) in [6.07, 6.45) is 0. The second-order valence-electron chi connectivity index (χ2n) is 8.08. The van der Waals surface area contributed by atoms with Crippen molar-refractivity contribution < 1.29 is 18.7 Å². The number of hydrogen-bond donors (Lipinski definition) is 1. The maximum absolute atomic E-state index is 13.8. The molecule has 0 aromatic heterocycles. The fourth-order valence-electron chi connectivity index (χ4n) is 2.81. The molecular weight excluding hydrogens is 371 g/mol. The van der Waals surface area contributed by atoms with Gasteiger partial charge in [0.05, 0.1) is 0 Å². The summed E-state index contributed by atoms with van der Waals surface area (Å²) in [5.41, 5.74) is 1.53. The molecule has 2 aromatic carbocycles. The summed E-state index contributed by atoms with van der Waals surface area (Å²) >= 11 is 0. The van der Waals surface area contributed by atoms with Crippen LogP contribution in [0.2, 0.25) is 0 Å². The molecule has 2 amide bonds. The molecule has 0 spiro atoms. The second kappa shape index (κ2) is 9.54. The molecule has 0 aliphatic rings. The highest BCUT2D eigenvalue weighted by atomic mass is 19.1. The molecule has 5 nitrogen and oxygen atoms in total. The van der Waals surface area contributed by atoms with Gasteiger partial charge in [0.1, 0.15) is 6.04 Å². The van der Waals surface area contributed by atoms with E-state index >= 15 is 0 Å². The third-order valence-electron chi connectivity index (χ3n) is 4.46. The van der Waals surface area contributed by atoms with Crippen LogP contribution in [0.5, 0.6) is 5.75 Å². The molecule has 0 aliphatic heterocycles. The van der Waals surface area contributed by atoms with Crippen LogP contribution in [0.1, 0.15) is 38.8 Å². The topological polar surface area (TPSA) is 58.6 Å². The highest BCUT2D eigenvalue weighted by molar-refractivity contribution is 5.88. The van der Waals surface area contributed by atoms with E-state index in [4.69, 9.17) is 4.74 Å². The van der Waals surface area contributed by atoms with Crippen LogP contribution in [0.4, 0.5) is 4.39 Å². The van der Waals surface area contributed by atoms with Gasteiger partial charge in [0, 0.05) is 12.1 Å². The molecule has 0 saturated carbocycles. The van der Waals surface area contributed by atoms with E-state index < -0.39 is 23.3 Å². The van der Waals surface area contributed by atoms with Crippen LogP contribution >= 0.6 is 0 Å². The number of para-hydroxylation sites is 1. The van der Waals surface area contributed by atoms with Crippen LogP contribution in [0.25, 0.3) is 0 Å². The zero-order valence-electron chi connectivity index (χ0n) is 17.7. The molecule has 1 atom stereocenters. The van der Waals surface area contributed by atoms with Gasteiger partial charge in [0.2, 0.25) is 5.91 Å². The quantitative estimate of drug-likeness (QED) is 0.768. The van der Waals surface area contributed by atoms with Gasteiger partial charge >= 0.3 is 0 Å². The van der Waals surface area contributed by atoms with Crippen molar-refractivity contribution in [1.29, 1.82) is 0 Å². The molecule has 29 heavy (non-hydrogen) atoms. The third-order valence-corrected chi connectivity index (χ3v) is 4.46. The molecule has 6 heteroatoms. The van der Waals surface area contributed by atoms with Crippen molar-refractivity contribution in [1.82, 2.24) is 10.2 Å². The van der Waals surface area contributed by atoms with Crippen LogP contribution in [0, 0.1) is 12.7 Å². The van der Waals surface area contributed by atoms with Gasteiger partial charge in [-0.15, -0.1) is 0 Å². The Bertz CT molecular complexity index is 861. The van der Waals surface area contributed by atoms with Crippen molar-refractivity contribution >= 4 is 11.8 Å². The van der Waals surface area contributed by atoms with Crippen molar-refractivity contribution in [3.05, 3.63) is 65.5 Å². The van der Waals surface area contributed by atoms with Crippen molar-refractivity contribution in [3.8, 4) is 5.75 Å². The van der Waals surface area contributed by atoms with Gasteiger partial charge in [0.15, 0.2) is 18.2 Å². The van der Waals surface area contributed by atoms with E-state index in [-0.39, 0.29) is 24.8 Å². The Balaban J connectivity index is 2.20. The van der Waals surface area contributed by atoms with Crippen molar-refractivity contribution in [3.63, 3.8) is 0 Å². The average Bonchev–Trinajstić information content (AvgIpc) is 2.64. The Kier molecular flexibility index (Phi) is 7.37. The first-order valence-corrected chi connectivity index (χ1v) is 9.62. The number of carbonyl (C=O) groups is 2.